The number of hydrogen-bond donors (Lipinski definition) is 1. The van der Waals surface area contributed by atoms with Gasteiger partial charge in [-0.2, -0.15) is 5.10 Å². The molecule has 0 saturated heterocycles. The molecule has 7 heteroatoms. The number of hydrogen-bond acceptors (Lipinski definition) is 4. The van der Waals surface area contributed by atoms with Crippen molar-refractivity contribution in [3.63, 3.8) is 0 Å². The van der Waals surface area contributed by atoms with Crippen LogP contribution in [0.5, 0.6) is 0 Å². The van der Waals surface area contributed by atoms with Crippen LogP contribution in [0.3, 0.4) is 0 Å². The molecule has 0 bridgehead atoms. The molecule has 6 nitrogen and oxygen atoms in total. The lowest BCUT2D eigenvalue weighted by Crippen LogP contribution is -2.43. The summed E-state index contributed by atoms with van der Waals surface area (Å²) in [5.41, 5.74) is 11.2. The maximum absolute atomic E-state index is 13.4. The normalized spacial score (nSPS) is 18.2. The monoisotopic (exact) mass is 428 g/mol. The number of imidazole rings is 1. The fraction of sp³-hybridized carbons (Fsp3) is 0.240. The molecular weight excluding hydrogens is 403 g/mol. The molecule has 32 heavy (non-hydrogen) atoms. The average molecular weight is 429 g/mol. The number of nitrogens with zero attached hydrogens (tertiary/aromatic N) is 5. The predicted octanol–water partition coefficient (Wildman–Crippen LogP) is 4.39. The molecule has 4 aromatic rings. The van der Waals surface area contributed by atoms with Gasteiger partial charge in [-0.05, 0) is 73.7 Å². The molecule has 2 aromatic heterocycles. The number of rotatable bonds is 4. The highest BCUT2D eigenvalue weighted by Gasteiger charge is 2.37. The van der Waals surface area contributed by atoms with E-state index in [1.54, 1.807) is 12.1 Å². The Morgan fingerprint density at radius 3 is 2.62 bits per heavy atom. The fourth-order valence-electron chi connectivity index (χ4n) is 4.35. The Balaban J connectivity index is 1.42. The molecule has 0 saturated carbocycles. The Bertz CT molecular complexity index is 1300. The molecule has 1 atom stereocenters. The van der Waals surface area contributed by atoms with Gasteiger partial charge in [-0.3, -0.25) is 0 Å². The van der Waals surface area contributed by atoms with Gasteiger partial charge in [0.15, 0.2) is 11.6 Å². The molecular formula is C25H25FN6. The first-order chi connectivity index (χ1) is 15.4. The molecule has 3 heterocycles. The largest absolute Gasteiger partial charge is 0.315 e. The van der Waals surface area contributed by atoms with Crippen molar-refractivity contribution in [2.24, 2.45) is 5.73 Å². The van der Waals surface area contributed by atoms with Crippen molar-refractivity contribution in [2.45, 2.75) is 38.8 Å². The molecule has 162 valence electrons. The van der Waals surface area contributed by atoms with Gasteiger partial charge < -0.3 is 10.3 Å². The Hall–Kier alpha value is -3.58. The second kappa shape index (κ2) is 7.84. The third kappa shape index (κ3) is 3.65. The van der Waals surface area contributed by atoms with E-state index >= 15 is 0 Å². The Labute approximate surface area is 186 Å². The van der Waals surface area contributed by atoms with E-state index in [4.69, 9.17) is 10.7 Å². The number of halogens is 1. The summed E-state index contributed by atoms with van der Waals surface area (Å²) >= 11 is 0. The molecule has 2 N–H and O–H groups in total. The second-order valence-corrected chi connectivity index (χ2v) is 8.40. The van der Waals surface area contributed by atoms with Gasteiger partial charge >= 0.3 is 0 Å². The van der Waals surface area contributed by atoms with Crippen LogP contribution in [-0.4, -0.2) is 24.3 Å². The summed E-state index contributed by atoms with van der Waals surface area (Å²) in [6.45, 7) is 4.84. The van der Waals surface area contributed by atoms with Crippen molar-refractivity contribution in [3.8, 4) is 5.69 Å². The SMILES string of the molecule is Cc1cn(-c2ccc(/C=C/c3nc4n(n3)CCC[C@]4(N)c3ccc(F)cc3)cc2C)cn1. The fourth-order valence-corrected chi connectivity index (χ4v) is 4.35. The van der Waals surface area contributed by atoms with Crippen molar-refractivity contribution < 1.29 is 4.39 Å². The van der Waals surface area contributed by atoms with Crippen LogP contribution in [0.4, 0.5) is 4.39 Å². The summed E-state index contributed by atoms with van der Waals surface area (Å²) in [6.07, 6.45) is 9.39. The predicted molar refractivity (Wildman–Crippen MR) is 123 cm³/mol. The number of fused-ring (bicyclic) bond motifs is 1. The van der Waals surface area contributed by atoms with Gasteiger partial charge in [0.25, 0.3) is 0 Å². The van der Waals surface area contributed by atoms with Crippen LogP contribution < -0.4 is 5.73 Å². The standard InChI is InChI=1S/C25H25FN6/c1-17-14-19(4-10-22(17)31-15-18(2)28-16-31)5-11-23-29-24-25(27,12-3-13-32(24)30-23)20-6-8-21(26)9-7-20/h4-11,14-16H,3,12-13,27H2,1-2H3/b11-5+/t25-/m0/s1. The summed E-state index contributed by atoms with van der Waals surface area (Å²) in [5, 5.41) is 4.65. The molecule has 0 unspecified atom stereocenters. The topological polar surface area (TPSA) is 74.5 Å². The van der Waals surface area contributed by atoms with Gasteiger partial charge in [-0.1, -0.05) is 24.3 Å². The first-order valence-electron chi connectivity index (χ1n) is 10.7. The zero-order valence-corrected chi connectivity index (χ0v) is 18.2. The number of aryl methyl sites for hydroxylation is 3. The average Bonchev–Trinajstić information content (AvgIpc) is 3.40. The van der Waals surface area contributed by atoms with E-state index in [0.29, 0.717) is 5.82 Å². The van der Waals surface area contributed by atoms with E-state index in [9.17, 15) is 4.39 Å². The van der Waals surface area contributed by atoms with Crippen molar-refractivity contribution in [2.75, 3.05) is 0 Å². The van der Waals surface area contributed by atoms with Gasteiger partial charge in [0, 0.05) is 18.4 Å². The van der Waals surface area contributed by atoms with E-state index in [1.165, 1.54) is 12.1 Å². The van der Waals surface area contributed by atoms with Gasteiger partial charge in [-0.15, -0.1) is 0 Å². The van der Waals surface area contributed by atoms with Crippen molar-refractivity contribution >= 4 is 12.2 Å². The van der Waals surface area contributed by atoms with Crippen LogP contribution in [0.15, 0.2) is 55.0 Å². The van der Waals surface area contributed by atoms with Gasteiger partial charge in [0.2, 0.25) is 0 Å². The zero-order chi connectivity index (χ0) is 22.3. The first kappa shape index (κ1) is 20.3. The van der Waals surface area contributed by atoms with Crippen LogP contribution in [0.1, 0.15) is 46.9 Å². The molecule has 0 spiro atoms. The second-order valence-electron chi connectivity index (χ2n) is 8.40. The molecule has 0 aliphatic carbocycles. The van der Waals surface area contributed by atoms with E-state index in [0.717, 1.165) is 53.3 Å². The van der Waals surface area contributed by atoms with Crippen LogP contribution in [-0.2, 0) is 12.1 Å². The zero-order valence-electron chi connectivity index (χ0n) is 18.2. The Morgan fingerprint density at radius 2 is 1.91 bits per heavy atom. The lowest BCUT2D eigenvalue weighted by Gasteiger charge is -2.33. The van der Waals surface area contributed by atoms with Crippen molar-refractivity contribution in [1.82, 2.24) is 24.3 Å². The first-order valence-corrected chi connectivity index (χ1v) is 10.7. The van der Waals surface area contributed by atoms with E-state index in [1.807, 2.05) is 40.8 Å². The van der Waals surface area contributed by atoms with Gasteiger partial charge in [0.1, 0.15) is 11.4 Å². The minimum Gasteiger partial charge on any atom is -0.315 e. The summed E-state index contributed by atoms with van der Waals surface area (Å²) in [6, 6.07) is 12.6. The number of benzene rings is 2. The van der Waals surface area contributed by atoms with Crippen LogP contribution in [0, 0.1) is 19.7 Å². The molecule has 1 aliphatic heterocycles. The highest BCUT2D eigenvalue weighted by Crippen LogP contribution is 2.34. The lowest BCUT2D eigenvalue weighted by atomic mass is 9.83. The van der Waals surface area contributed by atoms with Gasteiger partial charge in [0.05, 0.1) is 12.0 Å². The van der Waals surface area contributed by atoms with E-state index in [2.05, 4.69) is 35.2 Å². The third-order valence-corrected chi connectivity index (χ3v) is 6.02. The molecule has 0 fully saturated rings. The summed E-state index contributed by atoms with van der Waals surface area (Å²) in [7, 11) is 0. The highest BCUT2D eigenvalue weighted by atomic mass is 19.1. The highest BCUT2D eigenvalue weighted by molar-refractivity contribution is 5.68. The summed E-state index contributed by atoms with van der Waals surface area (Å²) in [4.78, 5) is 9.05. The van der Waals surface area contributed by atoms with Crippen molar-refractivity contribution in [3.05, 3.63) is 94.8 Å². The molecule has 2 aromatic carbocycles. The Kier molecular flexibility index (Phi) is 4.98. The van der Waals surface area contributed by atoms with Crippen molar-refractivity contribution in [1.29, 1.82) is 0 Å². The van der Waals surface area contributed by atoms with Crippen LogP contribution >= 0.6 is 0 Å². The molecule has 1 aliphatic rings. The maximum atomic E-state index is 13.4. The quantitative estimate of drug-likeness (QED) is 0.523. The minimum atomic E-state index is -0.772. The third-order valence-electron chi connectivity index (χ3n) is 6.02. The smallest absolute Gasteiger partial charge is 0.174 e. The minimum absolute atomic E-state index is 0.275. The van der Waals surface area contributed by atoms with Crippen LogP contribution in [0.25, 0.3) is 17.8 Å². The molecule has 5 rings (SSSR count). The summed E-state index contributed by atoms with van der Waals surface area (Å²) < 4.78 is 17.3. The number of nitrogens with two attached hydrogens (primary N) is 1. The van der Waals surface area contributed by atoms with E-state index < -0.39 is 5.54 Å². The van der Waals surface area contributed by atoms with Crippen LogP contribution in [0.2, 0.25) is 0 Å². The molecule has 0 radical (unpaired) electrons. The number of aromatic nitrogens is 5. The molecule has 0 amide bonds. The summed E-state index contributed by atoms with van der Waals surface area (Å²) in [5.74, 6) is 1.06. The Morgan fingerprint density at radius 1 is 1.09 bits per heavy atom. The maximum Gasteiger partial charge on any atom is 0.174 e. The van der Waals surface area contributed by atoms with E-state index in [-0.39, 0.29) is 5.82 Å². The lowest BCUT2D eigenvalue weighted by molar-refractivity contribution is 0.342. The van der Waals surface area contributed by atoms with Gasteiger partial charge in [-0.25, -0.2) is 19.0 Å².